The highest BCUT2D eigenvalue weighted by Gasteiger charge is 2.18. The Morgan fingerprint density at radius 2 is 2.00 bits per heavy atom. The largest absolute Gasteiger partial charge is 0.497 e. The number of methoxy groups -OCH3 is 1. The van der Waals surface area contributed by atoms with Gasteiger partial charge < -0.3 is 13.7 Å². The highest BCUT2D eigenvalue weighted by atomic mass is 16.5. The third-order valence-electron chi connectivity index (χ3n) is 3.88. The van der Waals surface area contributed by atoms with Crippen LogP contribution in [0.1, 0.15) is 16.1 Å². The first-order valence-electron chi connectivity index (χ1n) is 7.81. The molecule has 8 heteroatoms. The van der Waals surface area contributed by atoms with Gasteiger partial charge in [-0.05, 0) is 31.2 Å². The van der Waals surface area contributed by atoms with Crippen LogP contribution in [0.15, 0.2) is 51.8 Å². The number of carbonyl (C=O) groups is 2. The van der Waals surface area contributed by atoms with Crippen molar-refractivity contribution in [3.05, 3.63) is 64.3 Å². The molecule has 26 heavy (non-hydrogen) atoms. The van der Waals surface area contributed by atoms with E-state index in [9.17, 15) is 14.4 Å². The van der Waals surface area contributed by atoms with E-state index in [0.717, 1.165) is 5.39 Å². The number of carbonyl (C=O) groups excluding carboxylic acids is 2. The van der Waals surface area contributed by atoms with Crippen LogP contribution in [-0.4, -0.2) is 23.5 Å². The Morgan fingerprint density at radius 1 is 1.19 bits per heavy atom. The van der Waals surface area contributed by atoms with Gasteiger partial charge in [-0.3, -0.25) is 25.2 Å². The molecule has 0 bridgehead atoms. The number of aryl methyl sites for hydroxylation is 1. The van der Waals surface area contributed by atoms with Crippen LogP contribution in [0, 0.1) is 6.92 Å². The number of hydrazine groups is 1. The zero-order valence-electron chi connectivity index (χ0n) is 14.2. The van der Waals surface area contributed by atoms with Crippen molar-refractivity contribution in [1.82, 2.24) is 15.4 Å². The van der Waals surface area contributed by atoms with Crippen LogP contribution in [0.2, 0.25) is 0 Å². The molecule has 134 valence electrons. The molecule has 1 aromatic carbocycles. The van der Waals surface area contributed by atoms with Crippen LogP contribution in [0.5, 0.6) is 5.75 Å². The summed E-state index contributed by atoms with van der Waals surface area (Å²) in [7, 11) is 1.55. The van der Waals surface area contributed by atoms with E-state index in [4.69, 9.17) is 9.15 Å². The van der Waals surface area contributed by atoms with Gasteiger partial charge in [-0.15, -0.1) is 0 Å². The third kappa shape index (κ3) is 3.44. The zero-order valence-corrected chi connectivity index (χ0v) is 14.2. The zero-order chi connectivity index (χ0) is 18.7. The normalized spacial score (nSPS) is 10.5. The molecular weight excluding hydrogens is 338 g/mol. The highest BCUT2D eigenvalue weighted by molar-refractivity contribution is 5.99. The van der Waals surface area contributed by atoms with Gasteiger partial charge in [0.25, 0.3) is 11.5 Å². The second-order valence-electron chi connectivity index (χ2n) is 5.59. The molecule has 2 N–H and O–H groups in total. The topological polar surface area (TPSA) is 103 Å². The van der Waals surface area contributed by atoms with Gasteiger partial charge in [-0.2, -0.15) is 0 Å². The second kappa shape index (κ2) is 7.14. The lowest BCUT2D eigenvalue weighted by atomic mass is 10.1. The molecule has 0 aliphatic heterocycles. The summed E-state index contributed by atoms with van der Waals surface area (Å²) >= 11 is 0. The van der Waals surface area contributed by atoms with E-state index in [2.05, 4.69) is 10.9 Å². The van der Waals surface area contributed by atoms with Crippen LogP contribution in [-0.2, 0) is 11.3 Å². The summed E-state index contributed by atoms with van der Waals surface area (Å²) in [5.41, 5.74) is 5.42. The summed E-state index contributed by atoms with van der Waals surface area (Å²) in [4.78, 5) is 35.8. The maximum Gasteiger partial charge on any atom is 0.305 e. The monoisotopic (exact) mass is 355 g/mol. The van der Waals surface area contributed by atoms with Gasteiger partial charge in [-0.25, -0.2) is 0 Å². The maximum absolute atomic E-state index is 12.3. The first kappa shape index (κ1) is 17.3. The van der Waals surface area contributed by atoms with Crippen LogP contribution in [0.25, 0.3) is 11.0 Å². The molecule has 3 aromatic rings. The van der Waals surface area contributed by atoms with E-state index in [1.165, 1.54) is 16.8 Å². The number of amides is 2. The predicted molar refractivity (Wildman–Crippen MR) is 93.8 cm³/mol. The molecule has 0 radical (unpaired) electrons. The van der Waals surface area contributed by atoms with Crippen LogP contribution < -0.4 is 21.1 Å². The van der Waals surface area contributed by atoms with Gasteiger partial charge in [0.2, 0.25) is 0 Å². The molecule has 3 rings (SSSR count). The number of rotatable bonds is 4. The van der Waals surface area contributed by atoms with Gasteiger partial charge in [0.1, 0.15) is 17.9 Å². The average molecular weight is 355 g/mol. The lowest BCUT2D eigenvalue weighted by Gasteiger charge is -2.07. The number of nitrogens with one attached hydrogen (secondary N) is 2. The van der Waals surface area contributed by atoms with E-state index >= 15 is 0 Å². The molecule has 0 saturated heterocycles. The Kier molecular flexibility index (Phi) is 4.74. The Balaban J connectivity index is 1.69. The summed E-state index contributed by atoms with van der Waals surface area (Å²) in [5.74, 6) is -0.395. The molecule has 2 aromatic heterocycles. The van der Waals surface area contributed by atoms with Crippen molar-refractivity contribution < 1.29 is 18.7 Å². The third-order valence-corrected chi connectivity index (χ3v) is 3.88. The average Bonchev–Trinajstić information content (AvgIpc) is 2.98. The number of pyridine rings is 1. The first-order valence-corrected chi connectivity index (χ1v) is 7.81. The predicted octanol–water partition coefficient (Wildman–Crippen LogP) is 1.37. The van der Waals surface area contributed by atoms with Crippen molar-refractivity contribution in [2.24, 2.45) is 0 Å². The van der Waals surface area contributed by atoms with E-state index < -0.39 is 11.8 Å². The first-order chi connectivity index (χ1) is 12.5. The minimum Gasteiger partial charge on any atom is -0.497 e. The summed E-state index contributed by atoms with van der Waals surface area (Å²) in [5, 5.41) is 0.747. The summed E-state index contributed by atoms with van der Waals surface area (Å²) in [6.45, 7) is 1.53. The lowest BCUT2D eigenvalue weighted by Crippen LogP contribution is -2.44. The lowest BCUT2D eigenvalue weighted by molar-refractivity contribution is -0.122. The number of furan rings is 1. The fourth-order valence-corrected chi connectivity index (χ4v) is 2.51. The van der Waals surface area contributed by atoms with Crippen molar-refractivity contribution in [2.45, 2.75) is 13.5 Å². The fraction of sp³-hybridized carbons (Fsp3) is 0.167. The number of hydrogen-bond acceptors (Lipinski definition) is 5. The van der Waals surface area contributed by atoms with Gasteiger partial charge in [-0.1, -0.05) is 6.07 Å². The highest BCUT2D eigenvalue weighted by Crippen LogP contribution is 2.28. The summed E-state index contributed by atoms with van der Waals surface area (Å²) in [6, 6.07) is 9.77. The van der Waals surface area contributed by atoms with E-state index in [1.54, 1.807) is 44.4 Å². The molecular formula is C18H17N3O5. The van der Waals surface area contributed by atoms with Crippen molar-refractivity contribution in [3.8, 4) is 5.75 Å². The second-order valence-corrected chi connectivity index (χ2v) is 5.59. The number of aromatic nitrogens is 1. The molecule has 0 fully saturated rings. The summed E-state index contributed by atoms with van der Waals surface area (Å²) < 4.78 is 11.9. The van der Waals surface area contributed by atoms with Crippen LogP contribution >= 0.6 is 0 Å². The molecule has 0 saturated carbocycles. The van der Waals surface area contributed by atoms with Crippen LogP contribution in [0.4, 0.5) is 0 Å². The van der Waals surface area contributed by atoms with E-state index in [0.29, 0.717) is 16.9 Å². The van der Waals surface area contributed by atoms with Crippen molar-refractivity contribution in [2.75, 3.05) is 7.11 Å². The number of benzene rings is 1. The van der Waals surface area contributed by atoms with Gasteiger partial charge in [0, 0.05) is 23.2 Å². The molecule has 2 amide bonds. The minimum atomic E-state index is -0.591. The van der Waals surface area contributed by atoms with Gasteiger partial charge in [0.15, 0.2) is 5.76 Å². The Hall–Kier alpha value is -3.55. The summed E-state index contributed by atoms with van der Waals surface area (Å²) in [6.07, 6.45) is 1.49. The van der Waals surface area contributed by atoms with E-state index in [1.807, 2.05) is 0 Å². The molecule has 0 spiro atoms. The number of fused-ring (bicyclic) bond motifs is 1. The minimum absolute atomic E-state index is 0.0884. The van der Waals surface area contributed by atoms with Crippen LogP contribution in [0.3, 0.4) is 0 Å². The van der Waals surface area contributed by atoms with Crippen molar-refractivity contribution >= 4 is 22.8 Å². The number of nitrogens with zero attached hydrogens (tertiary/aromatic N) is 1. The Labute approximate surface area is 148 Å². The Morgan fingerprint density at radius 3 is 2.73 bits per heavy atom. The maximum atomic E-state index is 12.3. The van der Waals surface area contributed by atoms with Gasteiger partial charge >= 0.3 is 5.91 Å². The Bertz CT molecular complexity index is 1030. The van der Waals surface area contributed by atoms with Crippen molar-refractivity contribution in [1.29, 1.82) is 0 Å². The molecule has 8 nitrogen and oxygen atoms in total. The smallest absolute Gasteiger partial charge is 0.305 e. The molecule has 0 aliphatic carbocycles. The number of hydrogen-bond donors (Lipinski definition) is 2. The SMILES string of the molecule is COc1ccc2oc(C(=O)NNC(=O)Cn3ccccc3=O)c(C)c2c1. The quantitative estimate of drug-likeness (QED) is 0.688. The standard InChI is InChI=1S/C18H17N3O5/c1-11-13-9-12(25-2)6-7-14(13)26-17(11)18(24)20-19-15(22)10-21-8-4-3-5-16(21)23/h3-9H,10H2,1-2H3,(H,19,22)(H,20,24). The molecule has 0 atom stereocenters. The molecule has 0 aliphatic rings. The molecule has 0 unspecified atom stereocenters. The van der Waals surface area contributed by atoms with Crippen molar-refractivity contribution in [3.63, 3.8) is 0 Å². The fourth-order valence-electron chi connectivity index (χ4n) is 2.51. The van der Waals surface area contributed by atoms with Gasteiger partial charge in [0.05, 0.1) is 7.11 Å². The van der Waals surface area contributed by atoms with E-state index in [-0.39, 0.29) is 17.9 Å². The number of ether oxygens (including phenoxy) is 1. The molecule has 2 heterocycles.